The molecule has 1 fully saturated rings. The second kappa shape index (κ2) is 10.6. The molecule has 180 valence electrons. The van der Waals surface area contributed by atoms with Crippen molar-refractivity contribution in [2.45, 2.75) is 27.0 Å². The lowest BCUT2D eigenvalue weighted by atomic mass is 10.1. The first-order valence-corrected chi connectivity index (χ1v) is 11.5. The molecule has 0 aliphatic carbocycles. The van der Waals surface area contributed by atoms with E-state index >= 15 is 0 Å². The Bertz CT molecular complexity index is 1310. The summed E-state index contributed by atoms with van der Waals surface area (Å²) in [5.41, 5.74) is 3.23. The highest BCUT2D eigenvalue weighted by Gasteiger charge is 2.33. The van der Waals surface area contributed by atoms with Crippen LogP contribution in [0.3, 0.4) is 0 Å². The summed E-state index contributed by atoms with van der Waals surface area (Å²) in [7, 11) is 0. The minimum Gasteiger partial charge on any atom is -0.490 e. The van der Waals surface area contributed by atoms with Gasteiger partial charge in [0.15, 0.2) is 11.5 Å². The average molecular weight is 495 g/mol. The lowest BCUT2D eigenvalue weighted by Crippen LogP contribution is -2.30. The van der Waals surface area contributed by atoms with Gasteiger partial charge in [-0.15, -0.1) is 0 Å². The van der Waals surface area contributed by atoms with Gasteiger partial charge in [0.25, 0.3) is 5.91 Å². The van der Waals surface area contributed by atoms with E-state index < -0.39 is 11.9 Å². The monoisotopic (exact) mass is 494 g/mol. The predicted octanol–water partition coefficient (Wildman–Crippen LogP) is 5.86. The van der Waals surface area contributed by atoms with Crippen molar-refractivity contribution in [2.24, 2.45) is 0 Å². The highest BCUT2D eigenvalue weighted by Crippen LogP contribution is 2.38. The number of ether oxygens (including phenoxy) is 2. The van der Waals surface area contributed by atoms with Crippen LogP contribution in [0, 0.1) is 12.7 Å². The highest BCUT2D eigenvalue weighted by atomic mass is 35.5. The molecule has 6 nitrogen and oxygen atoms in total. The van der Waals surface area contributed by atoms with Crippen LogP contribution < -0.4 is 14.8 Å². The zero-order chi connectivity index (χ0) is 24.9. The summed E-state index contributed by atoms with van der Waals surface area (Å²) >= 11 is 6.48. The van der Waals surface area contributed by atoms with E-state index in [0.29, 0.717) is 29.2 Å². The molecule has 1 saturated heterocycles. The van der Waals surface area contributed by atoms with Gasteiger partial charge in [-0.2, -0.15) is 0 Å². The number of hydrogen-bond acceptors (Lipinski definition) is 4. The largest absolute Gasteiger partial charge is 0.490 e. The molecular formula is C27H24ClFN2O4. The zero-order valence-corrected chi connectivity index (χ0v) is 20.1. The smallest absolute Gasteiger partial charge is 0.329 e. The molecule has 1 aliphatic rings. The Morgan fingerprint density at radius 3 is 2.54 bits per heavy atom. The molecular weight excluding hydrogens is 471 g/mol. The van der Waals surface area contributed by atoms with Gasteiger partial charge in [-0.1, -0.05) is 53.6 Å². The lowest BCUT2D eigenvalue weighted by molar-refractivity contribution is -0.123. The van der Waals surface area contributed by atoms with Crippen LogP contribution in [0.5, 0.6) is 11.5 Å². The fourth-order valence-electron chi connectivity index (χ4n) is 3.73. The number of urea groups is 1. The van der Waals surface area contributed by atoms with E-state index in [9.17, 15) is 14.0 Å². The second-order valence-corrected chi connectivity index (χ2v) is 8.46. The van der Waals surface area contributed by atoms with E-state index in [4.69, 9.17) is 21.1 Å². The third-order valence-electron chi connectivity index (χ3n) is 5.30. The maximum Gasteiger partial charge on any atom is 0.329 e. The summed E-state index contributed by atoms with van der Waals surface area (Å²) < 4.78 is 25.0. The Morgan fingerprint density at radius 1 is 1.03 bits per heavy atom. The quantitative estimate of drug-likeness (QED) is 0.314. The molecule has 0 radical (unpaired) electrons. The number of carbonyl (C=O) groups excluding carboxylic acids is 2. The molecule has 8 heteroatoms. The minimum atomic E-state index is -0.492. The van der Waals surface area contributed by atoms with Gasteiger partial charge in [0, 0.05) is 0 Å². The average Bonchev–Trinajstić information content (AvgIpc) is 3.06. The molecule has 0 saturated carbocycles. The van der Waals surface area contributed by atoms with Gasteiger partial charge in [-0.25, -0.2) is 9.18 Å². The van der Waals surface area contributed by atoms with Crippen molar-refractivity contribution >= 4 is 29.6 Å². The molecule has 1 N–H and O–H groups in total. The summed E-state index contributed by atoms with van der Waals surface area (Å²) in [5.74, 6) is -0.111. The standard InChI is InChI=1S/C27H24ClFN2O4/c1-3-34-24-14-20(12-22(28)25(24)35-16-19-8-5-9-21(29)11-19)13-23-26(32)31(27(33)30-23)15-18-7-4-6-17(2)10-18/h4-14H,3,15-16H2,1-2H3,(H,30,33)/b23-13+. The van der Waals surface area contributed by atoms with Gasteiger partial charge in [0.1, 0.15) is 18.1 Å². The Morgan fingerprint density at radius 2 is 1.80 bits per heavy atom. The molecule has 35 heavy (non-hydrogen) atoms. The number of nitrogens with zero attached hydrogens (tertiary/aromatic N) is 1. The van der Waals surface area contributed by atoms with Gasteiger partial charge in [-0.05, 0) is 60.9 Å². The van der Waals surface area contributed by atoms with Crippen molar-refractivity contribution in [3.05, 3.63) is 99.5 Å². The van der Waals surface area contributed by atoms with Gasteiger partial charge in [0.2, 0.25) is 0 Å². The number of amides is 3. The van der Waals surface area contributed by atoms with Crippen LogP contribution in [0.4, 0.5) is 9.18 Å². The minimum absolute atomic E-state index is 0.0977. The first-order valence-electron chi connectivity index (χ1n) is 11.1. The number of halogens is 2. The molecule has 3 aromatic carbocycles. The van der Waals surface area contributed by atoms with Crippen molar-refractivity contribution in [2.75, 3.05) is 6.61 Å². The second-order valence-electron chi connectivity index (χ2n) is 8.05. The normalized spacial score (nSPS) is 14.4. The Hall–Kier alpha value is -3.84. The van der Waals surface area contributed by atoms with Crippen molar-refractivity contribution in [1.82, 2.24) is 10.2 Å². The van der Waals surface area contributed by atoms with E-state index in [1.165, 1.54) is 12.1 Å². The number of rotatable bonds is 8. The number of nitrogens with one attached hydrogen (secondary N) is 1. The summed E-state index contributed by atoms with van der Waals surface area (Å²) in [6.07, 6.45) is 1.54. The molecule has 0 unspecified atom stereocenters. The van der Waals surface area contributed by atoms with Crippen molar-refractivity contribution in [3.63, 3.8) is 0 Å². The third-order valence-corrected chi connectivity index (χ3v) is 5.58. The topological polar surface area (TPSA) is 67.9 Å². The number of benzene rings is 3. The summed E-state index contributed by atoms with van der Waals surface area (Å²) in [4.78, 5) is 26.5. The van der Waals surface area contributed by atoms with E-state index in [2.05, 4.69) is 5.32 Å². The number of hydrogen-bond donors (Lipinski definition) is 1. The van der Waals surface area contributed by atoms with E-state index in [1.807, 2.05) is 38.1 Å². The van der Waals surface area contributed by atoms with E-state index in [1.54, 1.807) is 30.3 Å². The lowest BCUT2D eigenvalue weighted by Gasteiger charge is -2.15. The van der Waals surface area contributed by atoms with Crippen LogP contribution in [0.25, 0.3) is 6.08 Å². The maximum absolute atomic E-state index is 13.5. The maximum atomic E-state index is 13.5. The number of carbonyl (C=O) groups is 2. The van der Waals surface area contributed by atoms with Crippen LogP contribution in [0.15, 0.2) is 66.4 Å². The van der Waals surface area contributed by atoms with Crippen molar-refractivity contribution in [3.8, 4) is 11.5 Å². The molecule has 1 aliphatic heterocycles. The van der Waals surface area contributed by atoms with E-state index in [0.717, 1.165) is 16.0 Å². The van der Waals surface area contributed by atoms with Crippen molar-refractivity contribution in [1.29, 1.82) is 0 Å². The SMILES string of the molecule is CCOc1cc(/C=C2/NC(=O)N(Cc3cccc(C)c3)C2=O)cc(Cl)c1OCc1cccc(F)c1. The van der Waals surface area contributed by atoms with Crippen LogP contribution in [0.1, 0.15) is 29.2 Å². The first kappa shape index (κ1) is 24.3. The molecule has 1 heterocycles. The van der Waals surface area contributed by atoms with Gasteiger partial charge in [-0.3, -0.25) is 9.69 Å². The summed E-state index contributed by atoms with van der Waals surface area (Å²) in [6, 6.07) is 16.5. The Labute approximate surface area is 207 Å². The summed E-state index contributed by atoms with van der Waals surface area (Å²) in [5, 5.41) is 2.88. The van der Waals surface area contributed by atoms with Gasteiger partial charge < -0.3 is 14.8 Å². The third kappa shape index (κ3) is 5.81. The number of aryl methyl sites for hydroxylation is 1. The van der Waals surface area contributed by atoms with E-state index in [-0.39, 0.29) is 29.7 Å². The zero-order valence-electron chi connectivity index (χ0n) is 19.3. The fraction of sp³-hybridized carbons (Fsp3) is 0.185. The molecule has 0 aromatic heterocycles. The first-order chi connectivity index (χ1) is 16.8. The molecule has 0 atom stereocenters. The van der Waals surface area contributed by atoms with Crippen LogP contribution in [-0.2, 0) is 17.9 Å². The Kier molecular flexibility index (Phi) is 7.36. The van der Waals surface area contributed by atoms with Gasteiger partial charge in [0.05, 0.1) is 18.2 Å². The van der Waals surface area contributed by atoms with Crippen LogP contribution in [-0.4, -0.2) is 23.4 Å². The molecule has 4 rings (SSSR count). The summed E-state index contributed by atoms with van der Waals surface area (Å²) in [6.45, 7) is 4.39. The molecule has 3 aromatic rings. The molecule has 3 amide bonds. The Balaban J connectivity index is 1.55. The predicted molar refractivity (Wildman–Crippen MR) is 132 cm³/mol. The van der Waals surface area contributed by atoms with Crippen LogP contribution >= 0.6 is 11.6 Å². The number of imide groups is 1. The fourth-order valence-corrected chi connectivity index (χ4v) is 4.01. The highest BCUT2D eigenvalue weighted by molar-refractivity contribution is 6.32. The molecule has 0 spiro atoms. The van der Waals surface area contributed by atoms with Gasteiger partial charge >= 0.3 is 6.03 Å². The van der Waals surface area contributed by atoms with Crippen molar-refractivity contribution < 1.29 is 23.5 Å². The molecule has 0 bridgehead atoms. The van der Waals surface area contributed by atoms with Crippen LogP contribution in [0.2, 0.25) is 5.02 Å².